The molecule has 0 unspecified atom stereocenters. The lowest BCUT2D eigenvalue weighted by molar-refractivity contribution is -0.137. The predicted octanol–water partition coefficient (Wildman–Crippen LogP) is 1.11. The number of aliphatic carboxylic acids is 1. The Kier molecular flexibility index (Phi) is 5.10. The number of amides is 1. The molecule has 98 valence electrons. The van der Waals surface area contributed by atoms with Crippen LogP contribution in [0.4, 0.5) is 5.82 Å². The van der Waals surface area contributed by atoms with Gasteiger partial charge in [0.15, 0.2) is 0 Å². The number of nitrogens with zero attached hydrogens (tertiary/aromatic N) is 1. The number of aromatic nitrogens is 1. The summed E-state index contributed by atoms with van der Waals surface area (Å²) in [7, 11) is 0. The first-order valence-electron chi connectivity index (χ1n) is 5.78. The first kappa shape index (κ1) is 14.0. The number of pyridine rings is 1. The minimum absolute atomic E-state index is 0.179. The molecule has 0 fully saturated rings. The van der Waals surface area contributed by atoms with Gasteiger partial charge in [-0.1, -0.05) is 6.92 Å². The van der Waals surface area contributed by atoms with E-state index in [0.717, 1.165) is 6.42 Å². The van der Waals surface area contributed by atoms with Gasteiger partial charge in [0, 0.05) is 12.7 Å². The molecule has 1 atom stereocenters. The third kappa shape index (κ3) is 4.04. The van der Waals surface area contributed by atoms with E-state index in [-0.39, 0.29) is 5.91 Å². The molecule has 1 aromatic rings. The fourth-order valence-corrected chi connectivity index (χ4v) is 1.24. The summed E-state index contributed by atoms with van der Waals surface area (Å²) in [6.07, 6.45) is 2.29. The molecule has 1 heterocycles. The van der Waals surface area contributed by atoms with Gasteiger partial charge in [-0.05, 0) is 25.5 Å². The van der Waals surface area contributed by atoms with Crippen LogP contribution in [0.25, 0.3) is 0 Å². The lowest BCUT2D eigenvalue weighted by Gasteiger charge is -2.10. The maximum atomic E-state index is 11.6. The second-order valence-electron chi connectivity index (χ2n) is 3.89. The zero-order chi connectivity index (χ0) is 13.5. The summed E-state index contributed by atoms with van der Waals surface area (Å²) in [4.78, 5) is 26.2. The van der Waals surface area contributed by atoms with Gasteiger partial charge in [0.05, 0.1) is 5.56 Å². The Bertz CT molecular complexity index is 417. The van der Waals surface area contributed by atoms with Crippen LogP contribution in [0.3, 0.4) is 0 Å². The molecule has 0 saturated heterocycles. The van der Waals surface area contributed by atoms with Crippen molar-refractivity contribution in [1.82, 2.24) is 10.3 Å². The van der Waals surface area contributed by atoms with E-state index in [2.05, 4.69) is 15.6 Å². The van der Waals surface area contributed by atoms with Crippen molar-refractivity contribution in [3.05, 3.63) is 23.9 Å². The Balaban J connectivity index is 2.62. The molecule has 0 radical (unpaired) electrons. The first-order chi connectivity index (χ1) is 8.54. The molecule has 1 rings (SSSR count). The molecule has 0 aromatic carbocycles. The molecule has 18 heavy (non-hydrogen) atoms. The standard InChI is InChI=1S/C12H17N3O3/c1-3-6-13-11(16)9-4-5-10(14-7-9)15-8(2)12(17)18/h4-5,7-8H,3,6H2,1-2H3,(H,13,16)(H,14,15)(H,17,18)/t8-/m1/s1. The summed E-state index contributed by atoms with van der Waals surface area (Å²) in [5.74, 6) is -0.708. The van der Waals surface area contributed by atoms with Crippen molar-refractivity contribution in [2.75, 3.05) is 11.9 Å². The monoisotopic (exact) mass is 251 g/mol. The first-order valence-corrected chi connectivity index (χ1v) is 5.78. The third-order valence-corrected chi connectivity index (χ3v) is 2.30. The van der Waals surface area contributed by atoms with Gasteiger partial charge in [-0.3, -0.25) is 9.59 Å². The topological polar surface area (TPSA) is 91.3 Å². The van der Waals surface area contributed by atoms with E-state index < -0.39 is 12.0 Å². The Morgan fingerprint density at radius 3 is 2.67 bits per heavy atom. The van der Waals surface area contributed by atoms with Crippen LogP contribution < -0.4 is 10.6 Å². The van der Waals surface area contributed by atoms with Gasteiger partial charge in [-0.2, -0.15) is 0 Å². The number of hydrogen-bond donors (Lipinski definition) is 3. The molecular formula is C12H17N3O3. The van der Waals surface area contributed by atoms with E-state index in [1.807, 2.05) is 6.92 Å². The van der Waals surface area contributed by atoms with Crippen molar-refractivity contribution >= 4 is 17.7 Å². The highest BCUT2D eigenvalue weighted by Gasteiger charge is 2.11. The molecule has 0 aliphatic heterocycles. The lowest BCUT2D eigenvalue weighted by Crippen LogP contribution is -2.26. The number of carbonyl (C=O) groups is 2. The van der Waals surface area contributed by atoms with E-state index in [0.29, 0.717) is 17.9 Å². The molecule has 0 bridgehead atoms. The van der Waals surface area contributed by atoms with Crippen molar-refractivity contribution in [1.29, 1.82) is 0 Å². The van der Waals surface area contributed by atoms with Crippen LogP contribution in [0.5, 0.6) is 0 Å². The van der Waals surface area contributed by atoms with Crippen molar-refractivity contribution in [2.45, 2.75) is 26.3 Å². The van der Waals surface area contributed by atoms with Gasteiger partial charge in [-0.15, -0.1) is 0 Å². The van der Waals surface area contributed by atoms with E-state index in [1.165, 1.54) is 13.1 Å². The van der Waals surface area contributed by atoms with Crippen LogP contribution in [-0.4, -0.2) is 34.6 Å². The van der Waals surface area contributed by atoms with Crippen LogP contribution >= 0.6 is 0 Å². The van der Waals surface area contributed by atoms with E-state index >= 15 is 0 Å². The second kappa shape index (κ2) is 6.58. The molecule has 1 amide bonds. The van der Waals surface area contributed by atoms with Crippen LogP contribution in [0.15, 0.2) is 18.3 Å². The highest BCUT2D eigenvalue weighted by molar-refractivity contribution is 5.94. The molecule has 0 aliphatic rings. The zero-order valence-electron chi connectivity index (χ0n) is 10.4. The quantitative estimate of drug-likeness (QED) is 0.704. The van der Waals surface area contributed by atoms with Crippen molar-refractivity contribution < 1.29 is 14.7 Å². The normalized spacial score (nSPS) is 11.7. The molecule has 0 spiro atoms. The van der Waals surface area contributed by atoms with Gasteiger partial charge in [0.25, 0.3) is 5.91 Å². The molecule has 0 aliphatic carbocycles. The van der Waals surface area contributed by atoms with E-state index in [1.54, 1.807) is 12.1 Å². The molecular weight excluding hydrogens is 234 g/mol. The molecule has 6 nitrogen and oxygen atoms in total. The fourth-order valence-electron chi connectivity index (χ4n) is 1.24. The van der Waals surface area contributed by atoms with Gasteiger partial charge >= 0.3 is 5.97 Å². The summed E-state index contributed by atoms with van der Waals surface area (Å²) in [5.41, 5.74) is 0.456. The van der Waals surface area contributed by atoms with E-state index in [9.17, 15) is 9.59 Å². The maximum absolute atomic E-state index is 11.6. The number of nitrogens with one attached hydrogen (secondary N) is 2. The smallest absolute Gasteiger partial charge is 0.325 e. The SMILES string of the molecule is CCCNC(=O)c1ccc(N[C@H](C)C(=O)O)nc1. The highest BCUT2D eigenvalue weighted by Crippen LogP contribution is 2.06. The highest BCUT2D eigenvalue weighted by atomic mass is 16.4. The molecule has 3 N–H and O–H groups in total. The Morgan fingerprint density at radius 1 is 1.44 bits per heavy atom. The number of carboxylic acids is 1. The molecule has 0 saturated carbocycles. The van der Waals surface area contributed by atoms with Crippen molar-refractivity contribution in [3.63, 3.8) is 0 Å². The van der Waals surface area contributed by atoms with Crippen molar-refractivity contribution in [3.8, 4) is 0 Å². The van der Waals surface area contributed by atoms with Crippen molar-refractivity contribution in [2.24, 2.45) is 0 Å². The Labute approximate surface area is 105 Å². The average molecular weight is 251 g/mol. The molecule has 6 heteroatoms. The summed E-state index contributed by atoms with van der Waals surface area (Å²) in [5, 5.41) is 14.2. The zero-order valence-corrected chi connectivity index (χ0v) is 10.4. The van der Waals surface area contributed by atoms with Gasteiger partial charge in [0.2, 0.25) is 0 Å². The number of rotatable bonds is 6. The van der Waals surface area contributed by atoms with E-state index in [4.69, 9.17) is 5.11 Å². The van der Waals surface area contributed by atoms with Gasteiger partial charge < -0.3 is 15.7 Å². The van der Waals surface area contributed by atoms with Crippen LogP contribution in [0, 0.1) is 0 Å². The average Bonchev–Trinajstić information content (AvgIpc) is 2.36. The summed E-state index contributed by atoms with van der Waals surface area (Å²) >= 11 is 0. The number of hydrogen-bond acceptors (Lipinski definition) is 4. The summed E-state index contributed by atoms with van der Waals surface area (Å²) in [6, 6.07) is 2.46. The Morgan fingerprint density at radius 2 is 2.17 bits per heavy atom. The minimum atomic E-state index is -0.957. The lowest BCUT2D eigenvalue weighted by atomic mass is 10.2. The second-order valence-corrected chi connectivity index (χ2v) is 3.89. The van der Waals surface area contributed by atoms with Gasteiger partial charge in [0.1, 0.15) is 11.9 Å². The largest absolute Gasteiger partial charge is 0.480 e. The third-order valence-electron chi connectivity index (χ3n) is 2.30. The maximum Gasteiger partial charge on any atom is 0.325 e. The summed E-state index contributed by atoms with van der Waals surface area (Å²) in [6.45, 7) is 4.11. The number of carboxylic acid groups (broad SMARTS) is 1. The Hall–Kier alpha value is -2.11. The fraction of sp³-hybridized carbons (Fsp3) is 0.417. The van der Waals surface area contributed by atoms with Crippen LogP contribution in [0.2, 0.25) is 0 Å². The van der Waals surface area contributed by atoms with Gasteiger partial charge in [-0.25, -0.2) is 4.98 Å². The summed E-state index contributed by atoms with van der Waals surface area (Å²) < 4.78 is 0. The molecule has 1 aromatic heterocycles. The number of anilines is 1. The minimum Gasteiger partial charge on any atom is -0.480 e. The number of carbonyl (C=O) groups excluding carboxylic acids is 1. The van der Waals surface area contributed by atoms with Crippen LogP contribution in [0.1, 0.15) is 30.6 Å². The predicted molar refractivity (Wildman–Crippen MR) is 67.6 cm³/mol. The van der Waals surface area contributed by atoms with Crippen LogP contribution in [-0.2, 0) is 4.79 Å².